The van der Waals surface area contributed by atoms with Crippen LogP contribution >= 0.6 is 0 Å². The van der Waals surface area contributed by atoms with Gasteiger partial charge in [0.25, 0.3) is 11.5 Å². The first-order chi connectivity index (χ1) is 11.1. The number of carbonyl (C=O) groups is 1. The molecule has 1 fully saturated rings. The van der Waals surface area contributed by atoms with Gasteiger partial charge in [-0.3, -0.25) is 9.59 Å². The summed E-state index contributed by atoms with van der Waals surface area (Å²) >= 11 is 0. The Hall–Kier alpha value is -2.43. The molecule has 1 saturated carbocycles. The van der Waals surface area contributed by atoms with Crippen LogP contribution < -0.4 is 5.56 Å². The highest BCUT2D eigenvalue weighted by molar-refractivity contribution is 5.92. The predicted octanol–water partition coefficient (Wildman–Crippen LogP) is 2.57. The van der Waals surface area contributed by atoms with Gasteiger partial charge >= 0.3 is 0 Å². The first-order valence-corrected chi connectivity index (χ1v) is 8.03. The van der Waals surface area contributed by atoms with Crippen molar-refractivity contribution in [2.45, 2.75) is 37.6 Å². The summed E-state index contributed by atoms with van der Waals surface area (Å²) in [4.78, 5) is 25.3. The highest BCUT2D eigenvalue weighted by Gasteiger charge is 2.28. The van der Waals surface area contributed by atoms with E-state index in [1.54, 1.807) is 4.90 Å². The van der Waals surface area contributed by atoms with Gasteiger partial charge in [-0.15, -0.1) is 0 Å². The third-order valence-corrected chi connectivity index (χ3v) is 4.73. The number of carbonyl (C=O) groups excluding carboxylic acids is 1. The zero-order valence-corrected chi connectivity index (χ0v) is 13.2. The second-order valence-corrected chi connectivity index (χ2v) is 6.14. The van der Waals surface area contributed by atoms with Gasteiger partial charge in [0.2, 0.25) is 0 Å². The van der Waals surface area contributed by atoms with E-state index in [-0.39, 0.29) is 23.2 Å². The molecule has 0 spiro atoms. The van der Waals surface area contributed by atoms with Crippen LogP contribution in [-0.4, -0.2) is 34.1 Å². The first-order valence-electron chi connectivity index (χ1n) is 8.03. The predicted molar refractivity (Wildman–Crippen MR) is 88.4 cm³/mol. The van der Waals surface area contributed by atoms with Gasteiger partial charge in [0.1, 0.15) is 5.69 Å². The van der Waals surface area contributed by atoms with Crippen LogP contribution in [0.3, 0.4) is 0 Å². The van der Waals surface area contributed by atoms with Crippen LogP contribution in [0.15, 0.2) is 47.3 Å². The van der Waals surface area contributed by atoms with Gasteiger partial charge in [-0.05, 0) is 43.2 Å². The lowest BCUT2D eigenvalue weighted by molar-refractivity contribution is 0.0682. The van der Waals surface area contributed by atoms with Gasteiger partial charge in [-0.1, -0.05) is 30.3 Å². The van der Waals surface area contributed by atoms with Crippen molar-refractivity contribution in [1.29, 1.82) is 0 Å². The van der Waals surface area contributed by atoms with E-state index in [1.165, 1.54) is 17.7 Å². The van der Waals surface area contributed by atoms with E-state index in [0.29, 0.717) is 5.92 Å². The van der Waals surface area contributed by atoms with Crippen LogP contribution in [-0.2, 0) is 0 Å². The van der Waals surface area contributed by atoms with Crippen molar-refractivity contribution < 1.29 is 4.79 Å². The van der Waals surface area contributed by atoms with Crippen LogP contribution in [0.2, 0.25) is 0 Å². The maximum Gasteiger partial charge on any atom is 0.274 e. The molecule has 0 saturated heterocycles. The molecule has 0 aliphatic heterocycles. The monoisotopic (exact) mass is 311 g/mol. The smallest absolute Gasteiger partial charge is 0.274 e. The number of rotatable bonds is 3. The van der Waals surface area contributed by atoms with Crippen molar-refractivity contribution >= 4 is 5.91 Å². The van der Waals surface area contributed by atoms with Crippen LogP contribution in [0.1, 0.15) is 47.7 Å². The number of nitrogens with one attached hydrogen (secondary N) is 1. The minimum absolute atomic E-state index is 0.135. The Morgan fingerprint density at radius 3 is 2.39 bits per heavy atom. The molecule has 5 heteroatoms. The summed E-state index contributed by atoms with van der Waals surface area (Å²) in [6, 6.07) is 13.6. The van der Waals surface area contributed by atoms with Gasteiger partial charge in [0.05, 0.1) is 0 Å². The number of nitrogens with zero attached hydrogens (tertiary/aromatic N) is 2. The molecule has 1 N–H and O–H groups in total. The molecule has 1 heterocycles. The van der Waals surface area contributed by atoms with Gasteiger partial charge in [-0.2, -0.15) is 5.10 Å². The largest absolute Gasteiger partial charge is 0.337 e. The molecule has 1 amide bonds. The maximum atomic E-state index is 12.4. The quantitative estimate of drug-likeness (QED) is 0.947. The molecule has 120 valence electrons. The van der Waals surface area contributed by atoms with E-state index in [1.807, 2.05) is 13.1 Å². The molecular formula is C18H21N3O2. The van der Waals surface area contributed by atoms with Crippen molar-refractivity contribution in [3.05, 3.63) is 64.1 Å². The van der Waals surface area contributed by atoms with Gasteiger partial charge in [-0.25, -0.2) is 5.10 Å². The SMILES string of the molecule is CN(C(=O)c1ccc(=O)[nH]n1)C1CCC(c2ccccc2)CC1. The van der Waals surface area contributed by atoms with E-state index in [2.05, 4.69) is 34.5 Å². The summed E-state index contributed by atoms with van der Waals surface area (Å²) in [5, 5.41) is 6.14. The van der Waals surface area contributed by atoms with Crippen LogP contribution in [0.4, 0.5) is 0 Å². The Bertz CT molecular complexity index is 698. The third-order valence-electron chi connectivity index (χ3n) is 4.73. The fourth-order valence-electron chi connectivity index (χ4n) is 3.33. The summed E-state index contributed by atoms with van der Waals surface area (Å²) in [6.45, 7) is 0. The number of amides is 1. The molecule has 0 unspecified atom stereocenters. The van der Waals surface area contributed by atoms with Crippen LogP contribution in [0.25, 0.3) is 0 Å². The number of H-pyrrole nitrogens is 1. The summed E-state index contributed by atoms with van der Waals surface area (Å²) in [5.41, 5.74) is 1.38. The number of hydrogen-bond acceptors (Lipinski definition) is 3. The number of aromatic nitrogens is 2. The molecule has 0 bridgehead atoms. The highest BCUT2D eigenvalue weighted by atomic mass is 16.2. The molecule has 1 aromatic carbocycles. The van der Waals surface area contributed by atoms with Crippen molar-refractivity contribution in [1.82, 2.24) is 15.1 Å². The lowest BCUT2D eigenvalue weighted by Gasteiger charge is -2.34. The lowest BCUT2D eigenvalue weighted by Crippen LogP contribution is -2.39. The second-order valence-electron chi connectivity index (χ2n) is 6.14. The molecule has 1 aromatic heterocycles. The number of benzene rings is 1. The molecule has 0 atom stereocenters. The van der Waals surface area contributed by atoms with Crippen molar-refractivity contribution in [3.8, 4) is 0 Å². The van der Waals surface area contributed by atoms with E-state index in [9.17, 15) is 9.59 Å². The average molecular weight is 311 g/mol. The van der Waals surface area contributed by atoms with E-state index in [0.717, 1.165) is 25.7 Å². The molecule has 5 nitrogen and oxygen atoms in total. The number of aromatic amines is 1. The standard InChI is InChI=1S/C18H21N3O2/c1-21(18(23)16-11-12-17(22)20-19-16)15-9-7-14(8-10-15)13-5-3-2-4-6-13/h2-6,11-12,14-15H,7-10H2,1H3,(H,20,22). The van der Waals surface area contributed by atoms with Crippen molar-refractivity contribution in [3.63, 3.8) is 0 Å². The summed E-state index contributed by atoms with van der Waals surface area (Å²) in [7, 11) is 1.82. The number of hydrogen-bond donors (Lipinski definition) is 1. The van der Waals surface area contributed by atoms with E-state index in [4.69, 9.17) is 0 Å². The molecular weight excluding hydrogens is 290 g/mol. The van der Waals surface area contributed by atoms with Gasteiger partial charge in [0, 0.05) is 19.2 Å². The average Bonchev–Trinajstić information content (AvgIpc) is 2.62. The van der Waals surface area contributed by atoms with E-state index >= 15 is 0 Å². The fourth-order valence-corrected chi connectivity index (χ4v) is 3.33. The minimum Gasteiger partial charge on any atom is -0.337 e. The molecule has 2 aromatic rings. The summed E-state index contributed by atoms with van der Waals surface area (Å²) in [5.74, 6) is 0.451. The normalized spacial score (nSPS) is 20.9. The van der Waals surface area contributed by atoms with Gasteiger partial charge in [0.15, 0.2) is 0 Å². The Morgan fingerprint density at radius 1 is 1.09 bits per heavy atom. The van der Waals surface area contributed by atoms with Gasteiger partial charge < -0.3 is 4.90 Å². The fraction of sp³-hybridized carbons (Fsp3) is 0.389. The van der Waals surface area contributed by atoms with Crippen molar-refractivity contribution in [2.75, 3.05) is 7.05 Å². The van der Waals surface area contributed by atoms with E-state index < -0.39 is 0 Å². The van der Waals surface area contributed by atoms with Crippen LogP contribution in [0, 0.1) is 0 Å². The van der Waals surface area contributed by atoms with Crippen LogP contribution in [0.5, 0.6) is 0 Å². The molecule has 3 rings (SSSR count). The molecule has 1 aliphatic carbocycles. The summed E-state index contributed by atoms with van der Waals surface area (Å²) in [6.07, 6.45) is 4.16. The Labute approximate surface area is 135 Å². The topological polar surface area (TPSA) is 66.1 Å². The lowest BCUT2D eigenvalue weighted by atomic mass is 9.81. The molecule has 1 aliphatic rings. The van der Waals surface area contributed by atoms with Crippen molar-refractivity contribution in [2.24, 2.45) is 0 Å². The Morgan fingerprint density at radius 2 is 1.78 bits per heavy atom. The zero-order chi connectivity index (χ0) is 16.2. The Kier molecular flexibility index (Phi) is 4.55. The molecule has 0 radical (unpaired) electrons. The molecule has 23 heavy (non-hydrogen) atoms. The minimum atomic E-state index is -0.299. The first kappa shape index (κ1) is 15.5. The maximum absolute atomic E-state index is 12.4. The zero-order valence-electron chi connectivity index (χ0n) is 13.2. The third kappa shape index (κ3) is 3.50. The highest BCUT2D eigenvalue weighted by Crippen LogP contribution is 2.34. The Balaban J connectivity index is 1.61. The second kappa shape index (κ2) is 6.77. The summed E-state index contributed by atoms with van der Waals surface area (Å²) < 4.78 is 0.